The van der Waals surface area contributed by atoms with Gasteiger partial charge in [-0.3, -0.25) is 10.1 Å². The van der Waals surface area contributed by atoms with Crippen molar-refractivity contribution in [3.05, 3.63) is 147 Å². The van der Waals surface area contributed by atoms with Crippen LogP contribution in [0.4, 0.5) is 5.69 Å². The molecule has 0 fully saturated rings. The zero-order valence-electron chi connectivity index (χ0n) is 18.4. The van der Waals surface area contributed by atoms with Gasteiger partial charge in [-0.25, -0.2) is 0 Å². The molecule has 0 radical (unpaired) electrons. The highest BCUT2D eigenvalue weighted by Gasteiger charge is 2.37. The van der Waals surface area contributed by atoms with Crippen molar-refractivity contribution in [3.63, 3.8) is 0 Å². The van der Waals surface area contributed by atoms with Crippen LogP contribution in [0.25, 0.3) is 12.2 Å². The van der Waals surface area contributed by atoms with Gasteiger partial charge in [-0.15, -0.1) is 0 Å². The van der Waals surface area contributed by atoms with Gasteiger partial charge in [-0.05, 0) is 46.9 Å². The first kappa shape index (κ1) is 22.2. The van der Waals surface area contributed by atoms with Crippen molar-refractivity contribution in [1.82, 2.24) is 0 Å². The van der Waals surface area contributed by atoms with Crippen molar-refractivity contribution >= 4 is 17.8 Å². The topological polar surface area (TPSA) is 52.4 Å². The Morgan fingerprint density at radius 1 is 0.697 bits per heavy atom. The van der Waals surface area contributed by atoms with E-state index in [0.29, 0.717) is 6.61 Å². The van der Waals surface area contributed by atoms with Crippen LogP contribution in [0.1, 0.15) is 34.7 Å². The van der Waals surface area contributed by atoms with Gasteiger partial charge in [0.25, 0.3) is 5.69 Å². The number of rotatable bonds is 8. The second-order valence-electron chi connectivity index (χ2n) is 7.65. The van der Waals surface area contributed by atoms with E-state index < -0.39 is 10.5 Å². The van der Waals surface area contributed by atoms with E-state index in [9.17, 15) is 10.1 Å². The summed E-state index contributed by atoms with van der Waals surface area (Å²) >= 11 is 0. The molecule has 0 aliphatic carbocycles. The minimum absolute atomic E-state index is 0.0885. The fourth-order valence-electron chi connectivity index (χ4n) is 4.04. The summed E-state index contributed by atoms with van der Waals surface area (Å²) in [5.41, 5.74) is 4.52. The maximum absolute atomic E-state index is 10.8. The van der Waals surface area contributed by atoms with Crippen LogP contribution in [0.2, 0.25) is 0 Å². The van der Waals surface area contributed by atoms with E-state index >= 15 is 0 Å². The number of nitro groups is 1. The summed E-state index contributed by atoms with van der Waals surface area (Å²) in [6, 6.07) is 35.4. The Kier molecular flexibility index (Phi) is 6.77. The lowest BCUT2D eigenvalue weighted by Gasteiger charge is -2.35. The maximum Gasteiger partial charge on any atom is 0.269 e. The van der Waals surface area contributed by atoms with Gasteiger partial charge in [0.05, 0.1) is 4.92 Å². The number of hydrogen-bond donors (Lipinski definition) is 0. The third-order valence-corrected chi connectivity index (χ3v) is 5.61. The molecule has 0 heterocycles. The molecule has 0 aromatic heterocycles. The first-order valence-electron chi connectivity index (χ1n) is 10.9. The van der Waals surface area contributed by atoms with Crippen LogP contribution in [-0.4, -0.2) is 11.5 Å². The fraction of sp³-hybridized carbons (Fsp3) is 0.103. The Morgan fingerprint density at radius 3 is 1.55 bits per heavy atom. The molecule has 0 atom stereocenters. The van der Waals surface area contributed by atoms with E-state index in [1.54, 1.807) is 12.1 Å². The van der Waals surface area contributed by atoms with Crippen molar-refractivity contribution in [1.29, 1.82) is 0 Å². The van der Waals surface area contributed by atoms with Crippen LogP contribution in [0.3, 0.4) is 0 Å². The first-order valence-corrected chi connectivity index (χ1v) is 10.9. The van der Waals surface area contributed by atoms with Crippen molar-refractivity contribution < 1.29 is 9.66 Å². The molecule has 4 aromatic rings. The molecule has 0 N–H and O–H groups in total. The predicted octanol–water partition coefficient (Wildman–Crippen LogP) is 7.09. The summed E-state index contributed by atoms with van der Waals surface area (Å²) in [5.74, 6) is 0. The third kappa shape index (κ3) is 4.76. The number of non-ortho nitro benzene ring substituents is 1. The minimum atomic E-state index is -0.710. The first-order chi connectivity index (χ1) is 16.1. The molecule has 4 aromatic carbocycles. The largest absolute Gasteiger partial charge is 0.361 e. The smallest absolute Gasteiger partial charge is 0.269 e. The Labute approximate surface area is 194 Å². The standard InChI is InChI=1S/C29H25NO3/c1-2-33-29(25-9-5-3-6-10-25,26-11-7-4-8-12-26)27-19-15-23(16-20-27)13-14-24-17-21-28(22-18-24)30(31)32/h3-22H,2H2,1H3/b14-13+. The molecule has 0 aliphatic rings. The lowest BCUT2D eigenvalue weighted by Crippen LogP contribution is -2.32. The average molecular weight is 436 g/mol. The molecule has 4 nitrogen and oxygen atoms in total. The highest BCUT2D eigenvalue weighted by atomic mass is 16.6. The van der Waals surface area contributed by atoms with E-state index in [1.165, 1.54) is 12.1 Å². The van der Waals surface area contributed by atoms with Gasteiger partial charge in [0, 0.05) is 18.7 Å². The van der Waals surface area contributed by atoms with Crippen LogP contribution >= 0.6 is 0 Å². The summed E-state index contributed by atoms with van der Waals surface area (Å²) in [6.07, 6.45) is 3.95. The fourth-order valence-corrected chi connectivity index (χ4v) is 4.04. The monoisotopic (exact) mass is 435 g/mol. The molecule has 0 amide bonds. The highest BCUT2D eigenvalue weighted by molar-refractivity contribution is 5.70. The molecular formula is C29H25NO3. The third-order valence-electron chi connectivity index (χ3n) is 5.61. The molecular weight excluding hydrogens is 410 g/mol. The van der Waals surface area contributed by atoms with Gasteiger partial charge in [0.2, 0.25) is 0 Å². The van der Waals surface area contributed by atoms with Crippen molar-refractivity contribution in [2.75, 3.05) is 6.61 Å². The van der Waals surface area contributed by atoms with E-state index in [1.807, 2.05) is 55.5 Å². The van der Waals surface area contributed by atoms with E-state index in [-0.39, 0.29) is 5.69 Å². The van der Waals surface area contributed by atoms with Crippen LogP contribution < -0.4 is 0 Å². The molecule has 4 rings (SSSR count). The van der Waals surface area contributed by atoms with E-state index in [0.717, 1.165) is 27.8 Å². The van der Waals surface area contributed by atoms with E-state index in [4.69, 9.17) is 4.74 Å². The summed E-state index contributed by atoms with van der Waals surface area (Å²) in [4.78, 5) is 10.4. The Bertz CT molecular complexity index is 1180. The highest BCUT2D eigenvalue weighted by Crippen LogP contribution is 2.40. The lowest BCUT2D eigenvalue weighted by molar-refractivity contribution is -0.384. The van der Waals surface area contributed by atoms with Gasteiger partial charge in [0.15, 0.2) is 0 Å². The van der Waals surface area contributed by atoms with Crippen molar-refractivity contribution in [3.8, 4) is 0 Å². The van der Waals surface area contributed by atoms with Crippen LogP contribution in [-0.2, 0) is 10.3 Å². The molecule has 33 heavy (non-hydrogen) atoms. The molecule has 164 valence electrons. The number of nitro benzene ring substituents is 1. The minimum Gasteiger partial charge on any atom is -0.361 e. The van der Waals surface area contributed by atoms with Crippen LogP contribution in [0, 0.1) is 10.1 Å². The normalized spacial score (nSPS) is 11.5. The lowest BCUT2D eigenvalue weighted by atomic mass is 9.80. The molecule has 0 saturated carbocycles. The molecule has 0 aliphatic heterocycles. The second-order valence-corrected chi connectivity index (χ2v) is 7.65. The number of ether oxygens (including phenoxy) is 1. The molecule has 0 unspecified atom stereocenters. The van der Waals surface area contributed by atoms with Crippen molar-refractivity contribution in [2.45, 2.75) is 12.5 Å². The predicted molar refractivity (Wildman–Crippen MR) is 133 cm³/mol. The average Bonchev–Trinajstić information content (AvgIpc) is 2.88. The zero-order valence-corrected chi connectivity index (χ0v) is 18.4. The summed E-state index contributed by atoms with van der Waals surface area (Å²) in [7, 11) is 0. The van der Waals surface area contributed by atoms with Gasteiger partial charge in [-0.1, -0.05) is 97.1 Å². The van der Waals surface area contributed by atoms with Crippen LogP contribution in [0.15, 0.2) is 109 Å². The van der Waals surface area contributed by atoms with Crippen molar-refractivity contribution in [2.24, 2.45) is 0 Å². The molecule has 0 spiro atoms. The van der Waals surface area contributed by atoms with Gasteiger partial charge in [-0.2, -0.15) is 0 Å². The number of nitrogens with zero attached hydrogens (tertiary/aromatic N) is 1. The molecule has 0 saturated heterocycles. The number of benzene rings is 4. The Morgan fingerprint density at radius 2 is 1.12 bits per heavy atom. The summed E-state index contributed by atoms with van der Waals surface area (Å²) < 4.78 is 6.51. The Hall–Kier alpha value is -4.02. The quantitative estimate of drug-likeness (QED) is 0.128. The number of hydrogen-bond acceptors (Lipinski definition) is 3. The summed E-state index contributed by atoms with van der Waals surface area (Å²) in [5, 5.41) is 10.8. The van der Waals surface area contributed by atoms with E-state index in [2.05, 4.69) is 48.5 Å². The Balaban J connectivity index is 1.70. The maximum atomic E-state index is 10.8. The zero-order chi connectivity index (χ0) is 23.1. The second kappa shape index (κ2) is 10.1. The van der Waals surface area contributed by atoms with Gasteiger partial charge >= 0.3 is 0 Å². The van der Waals surface area contributed by atoms with Crippen LogP contribution in [0.5, 0.6) is 0 Å². The summed E-state index contributed by atoms with van der Waals surface area (Å²) in [6.45, 7) is 2.58. The molecule has 4 heteroatoms. The SMILES string of the molecule is CCOC(c1ccccc1)(c1ccccc1)c1ccc(/C=C/c2ccc([N+](=O)[O-])cc2)cc1. The van der Waals surface area contributed by atoms with Gasteiger partial charge < -0.3 is 4.74 Å². The van der Waals surface area contributed by atoms with Gasteiger partial charge in [0.1, 0.15) is 5.60 Å². The molecule has 0 bridgehead atoms.